The first kappa shape index (κ1) is 18.4. The molecule has 0 aliphatic heterocycles. The standard InChI is InChI=1S/C13H7BrCl2F3NO2S/c14-8-1-7(13(17,18)19)2-11(3-8)20-23(21,22)12-5-9(15)4-10(16)6-12/h1-6,20H. The second-order valence-electron chi connectivity index (χ2n) is 4.44. The van der Waals surface area contributed by atoms with Crippen LogP contribution in [0.2, 0.25) is 10.0 Å². The second-order valence-corrected chi connectivity index (χ2v) is 7.91. The molecule has 2 aromatic rings. The van der Waals surface area contributed by atoms with Gasteiger partial charge < -0.3 is 0 Å². The Morgan fingerprint density at radius 3 is 2.04 bits per heavy atom. The van der Waals surface area contributed by atoms with Crippen LogP contribution in [0.15, 0.2) is 45.8 Å². The number of benzene rings is 2. The van der Waals surface area contributed by atoms with Crippen molar-refractivity contribution >= 4 is 54.8 Å². The van der Waals surface area contributed by atoms with Gasteiger partial charge in [0.05, 0.1) is 16.1 Å². The van der Waals surface area contributed by atoms with E-state index < -0.39 is 21.8 Å². The molecule has 2 rings (SSSR count). The molecule has 1 N–H and O–H groups in total. The first-order chi connectivity index (χ1) is 10.5. The Morgan fingerprint density at radius 1 is 0.957 bits per heavy atom. The van der Waals surface area contributed by atoms with Gasteiger partial charge >= 0.3 is 6.18 Å². The summed E-state index contributed by atoms with van der Waals surface area (Å²) in [6.07, 6.45) is -4.61. The molecule has 0 saturated carbocycles. The van der Waals surface area contributed by atoms with Gasteiger partial charge in [0, 0.05) is 14.5 Å². The topological polar surface area (TPSA) is 46.2 Å². The van der Waals surface area contributed by atoms with Crippen LogP contribution in [0, 0.1) is 0 Å². The summed E-state index contributed by atoms with van der Waals surface area (Å²) < 4.78 is 65.0. The summed E-state index contributed by atoms with van der Waals surface area (Å²) in [5, 5.41) is 0.172. The summed E-state index contributed by atoms with van der Waals surface area (Å²) >= 11 is 14.4. The Kier molecular flexibility index (Phi) is 5.20. The molecule has 0 unspecified atom stereocenters. The average molecular weight is 449 g/mol. The Hall–Kier alpha value is -0.960. The van der Waals surface area contributed by atoms with Crippen molar-refractivity contribution in [1.29, 1.82) is 0 Å². The van der Waals surface area contributed by atoms with E-state index in [1.165, 1.54) is 12.1 Å². The van der Waals surface area contributed by atoms with Crippen molar-refractivity contribution in [3.63, 3.8) is 0 Å². The zero-order valence-electron chi connectivity index (χ0n) is 11.0. The lowest BCUT2D eigenvalue weighted by Gasteiger charge is -2.12. The number of anilines is 1. The number of halogens is 6. The Labute approximate surface area is 148 Å². The molecule has 0 aliphatic carbocycles. The van der Waals surface area contributed by atoms with Crippen LogP contribution in [0.25, 0.3) is 0 Å². The number of rotatable bonds is 3. The first-order valence-electron chi connectivity index (χ1n) is 5.84. The van der Waals surface area contributed by atoms with Crippen molar-refractivity contribution < 1.29 is 21.6 Å². The minimum absolute atomic E-state index is 0.0779. The maximum Gasteiger partial charge on any atom is 0.416 e. The van der Waals surface area contributed by atoms with Gasteiger partial charge in [-0.15, -0.1) is 0 Å². The van der Waals surface area contributed by atoms with Crippen LogP contribution in [-0.2, 0) is 16.2 Å². The van der Waals surface area contributed by atoms with Crippen molar-refractivity contribution in [2.24, 2.45) is 0 Å². The van der Waals surface area contributed by atoms with Gasteiger partial charge in [-0.2, -0.15) is 13.2 Å². The highest BCUT2D eigenvalue weighted by Gasteiger charge is 2.31. The predicted molar refractivity (Wildman–Crippen MR) is 86.4 cm³/mol. The van der Waals surface area contributed by atoms with Crippen LogP contribution in [0.3, 0.4) is 0 Å². The fourth-order valence-electron chi connectivity index (χ4n) is 1.71. The summed E-state index contributed by atoms with van der Waals surface area (Å²) in [6.45, 7) is 0. The molecule has 23 heavy (non-hydrogen) atoms. The highest BCUT2D eigenvalue weighted by atomic mass is 79.9. The lowest BCUT2D eigenvalue weighted by Crippen LogP contribution is -2.14. The zero-order chi connectivity index (χ0) is 17.4. The van der Waals surface area contributed by atoms with E-state index in [0.717, 1.165) is 18.2 Å². The molecule has 0 heterocycles. The largest absolute Gasteiger partial charge is 0.416 e. The van der Waals surface area contributed by atoms with Crippen molar-refractivity contribution in [1.82, 2.24) is 0 Å². The smallest absolute Gasteiger partial charge is 0.280 e. The summed E-state index contributed by atoms with van der Waals surface area (Å²) in [4.78, 5) is -0.261. The maximum atomic E-state index is 12.8. The number of sulfonamides is 1. The van der Waals surface area contributed by atoms with Gasteiger partial charge in [0.25, 0.3) is 10.0 Å². The molecule has 124 valence electrons. The van der Waals surface area contributed by atoms with Crippen LogP contribution in [0.1, 0.15) is 5.56 Å². The molecule has 0 aliphatic rings. The molecule has 10 heteroatoms. The highest BCUT2D eigenvalue weighted by molar-refractivity contribution is 9.10. The molecule has 0 fully saturated rings. The van der Waals surface area contributed by atoms with Crippen LogP contribution in [-0.4, -0.2) is 8.42 Å². The van der Waals surface area contributed by atoms with E-state index >= 15 is 0 Å². The van der Waals surface area contributed by atoms with E-state index in [2.05, 4.69) is 20.7 Å². The molecule has 0 saturated heterocycles. The van der Waals surface area contributed by atoms with Crippen LogP contribution in [0.5, 0.6) is 0 Å². The van der Waals surface area contributed by atoms with Gasteiger partial charge in [0.1, 0.15) is 0 Å². The number of alkyl halides is 3. The van der Waals surface area contributed by atoms with Crippen LogP contribution in [0.4, 0.5) is 18.9 Å². The molecule has 2 aromatic carbocycles. The lowest BCUT2D eigenvalue weighted by molar-refractivity contribution is -0.137. The summed E-state index contributed by atoms with van der Waals surface area (Å²) in [5.41, 5.74) is -1.24. The van der Waals surface area contributed by atoms with Gasteiger partial charge in [-0.05, 0) is 36.4 Å². The molecule has 3 nitrogen and oxygen atoms in total. The number of nitrogens with one attached hydrogen (secondary N) is 1. The van der Waals surface area contributed by atoms with E-state index in [9.17, 15) is 21.6 Å². The minimum Gasteiger partial charge on any atom is -0.280 e. The van der Waals surface area contributed by atoms with Crippen molar-refractivity contribution in [2.75, 3.05) is 4.72 Å². The van der Waals surface area contributed by atoms with Gasteiger partial charge in [-0.1, -0.05) is 39.1 Å². The van der Waals surface area contributed by atoms with Crippen LogP contribution >= 0.6 is 39.1 Å². The first-order valence-corrected chi connectivity index (χ1v) is 8.87. The summed E-state index contributed by atoms with van der Waals surface area (Å²) in [7, 11) is -4.14. The SMILES string of the molecule is O=S(=O)(Nc1cc(Br)cc(C(F)(F)F)c1)c1cc(Cl)cc(Cl)c1. The third-order valence-corrected chi connectivity index (χ3v) is 4.88. The van der Waals surface area contributed by atoms with Gasteiger partial charge in [0.15, 0.2) is 0 Å². The minimum atomic E-state index is -4.61. The third kappa shape index (κ3) is 4.76. The summed E-state index contributed by atoms with van der Waals surface area (Å²) in [5.74, 6) is 0. The Balaban J connectivity index is 2.43. The number of hydrogen-bond donors (Lipinski definition) is 1. The van der Waals surface area contributed by atoms with E-state index in [-0.39, 0.29) is 25.1 Å². The van der Waals surface area contributed by atoms with E-state index in [1.807, 2.05) is 0 Å². The Morgan fingerprint density at radius 2 is 1.52 bits per heavy atom. The van der Waals surface area contributed by atoms with Gasteiger partial charge in [-0.3, -0.25) is 4.72 Å². The van der Waals surface area contributed by atoms with Crippen molar-refractivity contribution in [2.45, 2.75) is 11.1 Å². The average Bonchev–Trinajstić information content (AvgIpc) is 2.35. The van der Waals surface area contributed by atoms with E-state index in [1.54, 1.807) is 0 Å². The monoisotopic (exact) mass is 447 g/mol. The second kappa shape index (κ2) is 6.51. The normalized spacial score (nSPS) is 12.3. The number of hydrogen-bond acceptors (Lipinski definition) is 2. The van der Waals surface area contributed by atoms with Crippen molar-refractivity contribution in [3.05, 3.63) is 56.5 Å². The fourth-order valence-corrected chi connectivity index (χ4v) is 3.97. The highest BCUT2D eigenvalue weighted by Crippen LogP contribution is 2.34. The molecular weight excluding hydrogens is 442 g/mol. The van der Waals surface area contributed by atoms with E-state index in [0.29, 0.717) is 6.07 Å². The molecule has 0 spiro atoms. The van der Waals surface area contributed by atoms with Crippen LogP contribution < -0.4 is 4.72 Å². The lowest BCUT2D eigenvalue weighted by atomic mass is 10.2. The van der Waals surface area contributed by atoms with Crippen molar-refractivity contribution in [3.8, 4) is 0 Å². The molecular formula is C13H7BrCl2F3NO2S. The Bertz CT molecular complexity index is 837. The summed E-state index contributed by atoms with van der Waals surface area (Å²) in [6, 6.07) is 6.35. The third-order valence-electron chi connectivity index (χ3n) is 2.62. The quantitative estimate of drug-likeness (QED) is 0.666. The fraction of sp³-hybridized carbons (Fsp3) is 0.0769. The predicted octanol–water partition coefficient (Wildman–Crippen LogP) is 5.58. The van der Waals surface area contributed by atoms with E-state index in [4.69, 9.17) is 23.2 Å². The van der Waals surface area contributed by atoms with Gasteiger partial charge in [0.2, 0.25) is 0 Å². The molecule has 0 radical (unpaired) electrons. The maximum absolute atomic E-state index is 12.8. The molecule has 0 atom stereocenters. The zero-order valence-corrected chi connectivity index (χ0v) is 14.9. The molecule has 0 aromatic heterocycles. The molecule has 0 bridgehead atoms. The molecule has 0 amide bonds. The van der Waals surface area contributed by atoms with Gasteiger partial charge in [-0.25, -0.2) is 8.42 Å².